The van der Waals surface area contributed by atoms with Crippen molar-refractivity contribution in [2.45, 2.75) is 32.5 Å². The van der Waals surface area contributed by atoms with E-state index >= 15 is 0 Å². The Morgan fingerprint density at radius 1 is 1.58 bits per heavy atom. The zero-order valence-electron chi connectivity index (χ0n) is 7.99. The molecule has 1 N–H and O–H groups in total. The van der Waals surface area contributed by atoms with Gasteiger partial charge in [-0.1, -0.05) is 0 Å². The summed E-state index contributed by atoms with van der Waals surface area (Å²) in [6, 6.07) is 0. The van der Waals surface area contributed by atoms with Crippen LogP contribution in [0.1, 0.15) is 20.3 Å². The van der Waals surface area contributed by atoms with Crippen LogP contribution in [0.15, 0.2) is 0 Å². The maximum absolute atomic E-state index is 9.23. The molecule has 1 aliphatic heterocycles. The molecule has 0 amide bonds. The van der Waals surface area contributed by atoms with E-state index in [0.717, 1.165) is 32.7 Å². The molecule has 0 aromatic heterocycles. The van der Waals surface area contributed by atoms with Crippen LogP contribution < -0.4 is 0 Å². The topological polar surface area (TPSA) is 32.7 Å². The van der Waals surface area contributed by atoms with Crippen molar-refractivity contribution in [3.63, 3.8) is 0 Å². The lowest BCUT2D eigenvalue weighted by Gasteiger charge is -2.15. The van der Waals surface area contributed by atoms with Crippen molar-refractivity contribution in [2.24, 2.45) is 0 Å². The molecule has 1 atom stereocenters. The Labute approximate surface area is 74.3 Å². The van der Waals surface area contributed by atoms with Crippen molar-refractivity contribution < 1.29 is 9.84 Å². The molecule has 0 spiro atoms. The number of β-amino-alcohol motifs (C(OH)–C–C–N with tert-alkyl or cyclic N) is 1. The van der Waals surface area contributed by atoms with Gasteiger partial charge in [-0.3, -0.25) is 4.90 Å². The molecule has 3 nitrogen and oxygen atoms in total. The predicted octanol–water partition coefficient (Wildman–Crippen LogP) is 0.478. The van der Waals surface area contributed by atoms with Crippen LogP contribution in [0, 0.1) is 0 Å². The quantitative estimate of drug-likeness (QED) is 0.671. The van der Waals surface area contributed by atoms with Crippen LogP contribution in [0.2, 0.25) is 0 Å². The van der Waals surface area contributed by atoms with Gasteiger partial charge in [0.25, 0.3) is 0 Å². The molecular formula is C9H19NO2. The number of aliphatic hydroxyl groups is 1. The number of likely N-dealkylation sites (tertiary alicyclic amines) is 1. The molecule has 0 aliphatic carbocycles. The minimum absolute atomic E-state index is 0.107. The van der Waals surface area contributed by atoms with Gasteiger partial charge in [-0.25, -0.2) is 0 Å². The van der Waals surface area contributed by atoms with Crippen molar-refractivity contribution in [3.8, 4) is 0 Å². The number of aliphatic hydroxyl groups excluding tert-OH is 1. The molecule has 0 bridgehead atoms. The minimum atomic E-state index is -0.107. The Kier molecular flexibility index (Phi) is 3.98. The fraction of sp³-hybridized carbons (Fsp3) is 1.00. The summed E-state index contributed by atoms with van der Waals surface area (Å²) in [5.41, 5.74) is 0. The van der Waals surface area contributed by atoms with E-state index in [0.29, 0.717) is 6.10 Å². The molecule has 0 saturated carbocycles. The van der Waals surface area contributed by atoms with E-state index < -0.39 is 0 Å². The molecule has 1 rings (SSSR count). The maximum Gasteiger partial charge on any atom is 0.0679 e. The van der Waals surface area contributed by atoms with E-state index in [1.54, 1.807) is 0 Å². The Morgan fingerprint density at radius 3 is 2.83 bits per heavy atom. The molecule has 72 valence electrons. The Morgan fingerprint density at radius 2 is 2.33 bits per heavy atom. The number of nitrogens with zero attached hydrogens (tertiary/aromatic N) is 1. The highest BCUT2D eigenvalue weighted by atomic mass is 16.5. The normalized spacial score (nSPS) is 25.5. The van der Waals surface area contributed by atoms with E-state index in [1.807, 2.05) is 13.8 Å². The van der Waals surface area contributed by atoms with Crippen LogP contribution in [-0.2, 0) is 4.74 Å². The van der Waals surface area contributed by atoms with Gasteiger partial charge in [-0.05, 0) is 20.3 Å². The predicted molar refractivity (Wildman–Crippen MR) is 48.2 cm³/mol. The van der Waals surface area contributed by atoms with Gasteiger partial charge in [0.15, 0.2) is 0 Å². The SMILES string of the molecule is CC(C)OCCN1CC[C@H](O)C1. The third-order valence-corrected chi connectivity index (χ3v) is 2.11. The van der Waals surface area contributed by atoms with Gasteiger partial charge < -0.3 is 9.84 Å². The van der Waals surface area contributed by atoms with E-state index in [2.05, 4.69) is 4.90 Å². The van der Waals surface area contributed by atoms with Crippen LogP contribution in [0.3, 0.4) is 0 Å². The lowest BCUT2D eigenvalue weighted by molar-refractivity contribution is 0.0608. The molecule has 0 aromatic rings. The average molecular weight is 173 g/mol. The fourth-order valence-corrected chi connectivity index (χ4v) is 1.43. The van der Waals surface area contributed by atoms with Crippen LogP contribution in [0.4, 0.5) is 0 Å². The number of rotatable bonds is 4. The smallest absolute Gasteiger partial charge is 0.0679 e. The summed E-state index contributed by atoms with van der Waals surface area (Å²) in [4.78, 5) is 2.24. The molecule has 1 aliphatic rings. The van der Waals surface area contributed by atoms with Crippen LogP contribution >= 0.6 is 0 Å². The fourth-order valence-electron chi connectivity index (χ4n) is 1.43. The van der Waals surface area contributed by atoms with Gasteiger partial charge in [0.2, 0.25) is 0 Å². The Bertz CT molecular complexity index is 128. The summed E-state index contributed by atoms with van der Waals surface area (Å²) < 4.78 is 5.42. The third-order valence-electron chi connectivity index (χ3n) is 2.11. The summed E-state index contributed by atoms with van der Waals surface area (Å²) in [7, 11) is 0. The van der Waals surface area contributed by atoms with Gasteiger partial charge in [0.1, 0.15) is 0 Å². The van der Waals surface area contributed by atoms with Crippen molar-refractivity contribution in [1.29, 1.82) is 0 Å². The third kappa shape index (κ3) is 3.52. The van der Waals surface area contributed by atoms with E-state index in [1.165, 1.54) is 0 Å². The second-order valence-corrected chi connectivity index (χ2v) is 3.66. The van der Waals surface area contributed by atoms with Crippen molar-refractivity contribution >= 4 is 0 Å². The highest BCUT2D eigenvalue weighted by Crippen LogP contribution is 2.07. The summed E-state index contributed by atoms with van der Waals surface area (Å²) in [5.74, 6) is 0. The monoisotopic (exact) mass is 173 g/mol. The molecule has 1 heterocycles. The first kappa shape index (κ1) is 9.96. The molecule has 3 heteroatoms. The Hall–Kier alpha value is -0.120. The van der Waals surface area contributed by atoms with Crippen LogP contribution in [0.5, 0.6) is 0 Å². The molecular weight excluding hydrogens is 154 g/mol. The molecule has 0 radical (unpaired) electrons. The molecule has 0 aromatic carbocycles. The number of hydrogen-bond acceptors (Lipinski definition) is 3. The van der Waals surface area contributed by atoms with Gasteiger partial charge in [-0.2, -0.15) is 0 Å². The first-order valence-electron chi connectivity index (χ1n) is 4.70. The van der Waals surface area contributed by atoms with E-state index in [-0.39, 0.29) is 6.10 Å². The highest BCUT2D eigenvalue weighted by molar-refractivity contribution is 4.73. The van der Waals surface area contributed by atoms with Gasteiger partial charge >= 0.3 is 0 Å². The van der Waals surface area contributed by atoms with Crippen LogP contribution in [-0.4, -0.2) is 48.5 Å². The van der Waals surface area contributed by atoms with Crippen LogP contribution in [0.25, 0.3) is 0 Å². The summed E-state index contributed by atoms with van der Waals surface area (Å²) in [6.07, 6.45) is 1.13. The largest absolute Gasteiger partial charge is 0.392 e. The van der Waals surface area contributed by atoms with Crippen molar-refractivity contribution in [1.82, 2.24) is 4.90 Å². The maximum atomic E-state index is 9.23. The first-order valence-corrected chi connectivity index (χ1v) is 4.70. The molecule has 1 saturated heterocycles. The summed E-state index contributed by atoms with van der Waals surface area (Å²) in [5, 5.41) is 9.23. The van der Waals surface area contributed by atoms with Gasteiger partial charge in [-0.15, -0.1) is 0 Å². The first-order chi connectivity index (χ1) is 5.68. The van der Waals surface area contributed by atoms with Gasteiger partial charge in [0, 0.05) is 19.6 Å². The average Bonchev–Trinajstić information content (AvgIpc) is 2.35. The summed E-state index contributed by atoms with van der Waals surface area (Å²) >= 11 is 0. The lowest BCUT2D eigenvalue weighted by atomic mass is 10.3. The minimum Gasteiger partial charge on any atom is -0.392 e. The second kappa shape index (κ2) is 4.80. The highest BCUT2D eigenvalue weighted by Gasteiger charge is 2.19. The second-order valence-electron chi connectivity index (χ2n) is 3.66. The molecule has 1 fully saturated rings. The lowest BCUT2D eigenvalue weighted by Crippen LogP contribution is -2.27. The molecule has 0 unspecified atom stereocenters. The van der Waals surface area contributed by atoms with E-state index in [9.17, 15) is 5.11 Å². The Balaban J connectivity index is 2.00. The molecule has 12 heavy (non-hydrogen) atoms. The number of ether oxygens (including phenoxy) is 1. The standard InChI is InChI=1S/C9H19NO2/c1-8(2)12-6-5-10-4-3-9(11)7-10/h8-9,11H,3-7H2,1-2H3/t9-/m0/s1. The summed E-state index contributed by atoms with van der Waals surface area (Å²) in [6.45, 7) is 7.65. The van der Waals surface area contributed by atoms with E-state index in [4.69, 9.17) is 4.74 Å². The zero-order chi connectivity index (χ0) is 8.97. The zero-order valence-corrected chi connectivity index (χ0v) is 7.99. The van der Waals surface area contributed by atoms with Crippen molar-refractivity contribution in [3.05, 3.63) is 0 Å². The van der Waals surface area contributed by atoms with Crippen molar-refractivity contribution in [2.75, 3.05) is 26.2 Å². The number of hydrogen-bond donors (Lipinski definition) is 1. The van der Waals surface area contributed by atoms with Gasteiger partial charge in [0.05, 0.1) is 18.8 Å².